The van der Waals surface area contributed by atoms with Crippen molar-refractivity contribution in [2.75, 3.05) is 23.7 Å². The van der Waals surface area contributed by atoms with Crippen LogP contribution in [0.5, 0.6) is 0 Å². The van der Waals surface area contributed by atoms with E-state index in [4.69, 9.17) is 5.73 Å². The van der Waals surface area contributed by atoms with E-state index in [1.807, 2.05) is 6.07 Å². The van der Waals surface area contributed by atoms with Crippen LogP contribution < -0.4 is 10.6 Å². The molecule has 1 atom stereocenters. The zero-order valence-electron chi connectivity index (χ0n) is 12.2. The molecule has 1 aromatic carbocycles. The number of hydrogen-bond donors (Lipinski definition) is 1. The average Bonchev–Trinajstić information content (AvgIpc) is 2.59. The first kappa shape index (κ1) is 14.2. The lowest BCUT2D eigenvalue weighted by Crippen LogP contribution is -2.25. The maximum absolute atomic E-state index is 13.5. The number of rotatable bonds is 2. The second-order valence-electron chi connectivity index (χ2n) is 6.08. The normalized spacial score (nSPS) is 20.7. The molecule has 19 heavy (non-hydrogen) atoms. The lowest BCUT2D eigenvalue weighted by atomic mass is 9.89. The lowest BCUT2D eigenvalue weighted by Gasteiger charge is -2.25. The van der Waals surface area contributed by atoms with Gasteiger partial charge in [0.1, 0.15) is 5.82 Å². The van der Waals surface area contributed by atoms with Crippen LogP contribution in [0, 0.1) is 24.6 Å². The monoisotopic (exact) mass is 264 g/mol. The van der Waals surface area contributed by atoms with Crippen LogP contribution in [0.4, 0.5) is 15.8 Å². The molecule has 1 aliphatic rings. The maximum Gasteiger partial charge on any atom is 0.128 e. The van der Waals surface area contributed by atoms with E-state index >= 15 is 0 Å². The van der Waals surface area contributed by atoms with Crippen LogP contribution in [-0.4, -0.2) is 13.1 Å². The van der Waals surface area contributed by atoms with E-state index in [0.717, 1.165) is 30.6 Å². The Morgan fingerprint density at radius 2 is 2.00 bits per heavy atom. The zero-order chi connectivity index (χ0) is 14.0. The average molecular weight is 264 g/mol. The largest absolute Gasteiger partial charge is 0.397 e. The first-order chi connectivity index (χ1) is 8.99. The van der Waals surface area contributed by atoms with Gasteiger partial charge in [-0.2, -0.15) is 0 Å². The van der Waals surface area contributed by atoms with Gasteiger partial charge in [0.15, 0.2) is 0 Å². The number of benzene rings is 1. The molecule has 1 aliphatic heterocycles. The highest BCUT2D eigenvalue weighted by atomic mass is 19.1. The van der Waals surface area contributed by atoms with Crippen molar-refractivity contribution >= 4 is 11.4 Å². The van der Waals surface area contributed by atoms with Crippen LogP contribution in [0.25, 0.3) is 0 Å². The number of halogens is 1. The highest BCUT2D eigenvalue weighted by Gasteiger charge is 2.21. The summed E-state index contributed by atoms with van der Waals surface area (Å²) in [6, 6.07) is 3.34. The summed E-state index contributed by atoms with van der Waals surface area (Å²) in [7, 11) is 0. The van der Waals surface area contributed by atoms with Crippen LogP contribution in [0.15, 0.2) is 12.1 Å². The van der Waals surface area contributed by atoms with Gasteiger partial charge in [-0.15, -0.1) is 0 Å². The fourth-order valence-electron chi connectivity index (χ4n) is 2.99. The van der Waals surface area contributed by atoms with Gasteiger partial charge in [0, 0.05) is 13.1 Å². The van der Waals surface area contributed by atoms with Crippen LogP contribution in [0.2, 0.25) is 0 Å². The third-order valence-corrected chi connectivity index (χ3v) is 4.36. The fourth-order valence-corrected chi connectivity index (χ4v) is 2.99. The summed E-state index contributed by atoms with van der Waals surface area (Å²) < 4.78 is 13.5. The summed E-state index contributed by atoms with van der Waals surface area (Å²) in [5.41, 5.74) is 8.22. The molecule has 2 N–H and O–H groups in total. The van der Waals surface area contributed by atoms with Crippen LogP contribution in [-0.2, 0) is 0 Å². The molecule has 0 bridgehead atoms. The van der Waals surface area contributed by atoms with E-state index in [9.17, 15) is 4.39 Å². The third kappa shape index (κ3) is 3.20. The van der Waals surface area contributed by atoms with E-state index in [-0.39, 0.29) is 5.82 Å². The van der Waals surface area contributed by atoms with E-state index in [1.165, 1.54) is 25.3 Å². The molecule has 1 saturated heterocycles. The molecule has 2 rings (SSSR count). The molecule has 1 heterocycles. The van der Waals surface area contributed by atoms with E-state index < -0.39 is 0 Å². The molecule has 0 radical (unpaired) electrons. The van der Waals surface area contributed by atoms with Gasteiger partial charge in [-0.25, -0.2) is 4.39 Å². The molecule has 2 nitrogen and oxygen atoms in total. The van der Waals surface area contributed by atoms with E-state index in [1.54, 1.807) is 6.92 Å². The number of hydrogen-bond acceptors (Lipinski definition) is 2. The van der Waals surface area contributed by atoms with Crippen molar-refractivity contribution in [3.8, 4) is 0 Å². The van der Waals surface area contributed by atoms with Gasteiger partial charge >= 0.3 is 0 Å². The third-order valence-electron chi connectivity index (χ3n) is 4.36. The van der Waals surface area contributed by atoms with E-state index in [0.29, 0.717) is 11.3 Å². The summed E-state index contributed by atoms with van der Waals surface area (Å²) in [4.78, 5) is 2.32. The fraction of sp³-hybridized carbons (Fsp3) is 0.625. The van der Waals surface area contributed by atoms with Gasteiger partial charge in [-0.05, 0) is 55.7 Å². The standard InChI is InChI=1S/C16H25FN2/c1-11(2)13-5-4-7-19(8-6-13)16-9-12(3)14(17)10-15(16)18/h9-11,13H,4-8,18H2,1-3H3. The Bertz CT molecular complexity index is 443. The van der Waals surface area contributed by atoms with Crippen molar-refractivity contribution in [1.82, 2.24) is 0 Å². The first-order valence-corrected chi connectivity index (χ1v) is 7.29. The number of anilines is 2. The lowest BCUT2D eigenvalue weighted by molar-refractivity contribution is 0.351. The molecule has 3 heteroatoms. The van der Waals surface area contributed by atoms with Crippen LogP contribution in [0.1, 0.15) is 38.7 Å². The summed E-state index contributed by atoms with van der Waals surface area (Å²) >= 11 is 0. The SMILES string of the molecule is Cc1cc(N2CCCC(C(C)C)CC2)c(N)cc1F. The second-order valence-corrected chi connectivity index (χ2v) is 6.08. The second kappa shape index (κ2) is 5.81. The Hall–Kier alpha value is -1.25. The van der Waals surface area contributed by atoms with Gasteiger partial charge in [-0.1, -0.05) is 13.8 Å². The predicted octanol–water partition coefficient (Wildman–Crippen LogP) is 3.98. The topological polar surface area (TPSA) is 29.3 Å². The quantitative estimate of drug-likeness (QED) is 0.819. The molecule has 106 valence electrons. The summed E-state index contributed by atoms with van der Waals surface area (Å²) in [6.45, 7) is 8.46. The molecule has 0 spiro atoms. The Morgan fingerprint density at radius 1 is 1.26 bits per heavy atom. The van der Waals surface area contributed by atoms with Gasteiger partial charge in [-0.3, -0.25) is 0 Å². The number of nitrogens with zero attached hydrogens (tertiary/aromatic N) is 1. The molecule has 1 unspecified atom stereocenters. The highest BCUT2D eigenvalue weighted by molar-refractivity contribution is 5.68. The maximum atomic E-state index is 13.5. The number of nitrogens with two attached hydrogens (primary N) is 1. The van der Waals surface area contributed by atoms with Crippen molar-refractivity contribution in [3.63, 3.8) is 0 Å². The molecule has 0 aromatic heterocycles. The minimum Gasteiger partial charge on any atom is -0.397 e. The molecule has 0 saturated carbocycles. The molecule has 0 aliphatic carbocycles. The molecular weight excluding hydrogens is 239 g/mol. The van der Waals surface area contributed by atoms with Gasteiger partial charge in [0.2, 0.25) is 0 Å². The van der Waals surface area contributed by atoms with Gasteiger partial charge in [0.25, 0.3) is 0 Å². The number of nitrogen functional groups attached to an aromatic ring is 1. The summed E-state index contributed by atoms with van der Waals surface area (Å²) in [5.74, 6) is 1.33. The van der Waals surface area contributed by atoms with Crippen LogP contribution in [0.3, 0.4) is 0 Å². The van der Waals surface area contributed by atoms with Crippen molar-refractivity contribution in [3.05, 3.63) is 23.5 Å². The van der Waals surface area contributed by atoms with Crippen molar-refractivity contribution in [2.24, 2.45) is 11.8 Å². The van der Waals surface area contributed by atoms with Crippen molar-refractivity contribution in [2.45, 2.75) is 40.0 Å². The minimum atomic E-state index is -0.212. The Morgan fingerprint density at radius 3 is 2.68 bits per heavy atom. The van der Waals surface area contributed by atoms with Crippen LogP contribution >= 0.6 is 0 Å². The zero-order valence-corrected chi connectivity index (χ0v) is 12.2. The van der Waals surface area contributed by atoms with Gasteiger partial charge in [0.05, 0.1) is 11.4 Å². The van der Waals surface area contributed by atoms with Crippen molar-refractivity contribution in [1.29, 1.82) is 0 Å². The Labute approximate surface area is 115 Å². The first-order valence-electron chi connectivity index (χ1n) is 7.29. The highest BCUT2D eigenvalue weighted by Crippen LogP contribution is 2.31. The van der Waals surface area contributed by atoms with Crippen molar-refractivity contribution < 1.29 is 4.39 Å². The Balaban J connectivity index is 2.16. The minimum absolute atomic E-state index is 0.212. The molecule has 0 amide bonds. The predicted molar refractivity (Wildman–Crippen MR) is 79.9 cm³/mol. The molecule has 1 fully saturated rings. The van der Waals surface area contributed by atoms with E-state index in [2.05, 4.69) is 18.7 Å². The molecule has 1 aromatic rings. The van der Waals surface area contributed by atoms with Gasteiger partial charge < -0.3 is 10.6 Å². The number of aryl methyl sites for hydroxylation is 1. The Kier molecular flexibility index (Phi) is 4.33. The summed E-state index contributed by atoms with van der Waals surface area (Å²) in [6.07, 6.45) is 3.68. The molecular formula is C16H25FN2. The smallest absolute Gasteiger partial charge is 0.128 e. The summed E-state index contributed by atoms with van der Waals surface area (Å²) in [5, 5.41) is 0.